The third kappa shape index (κ3) is 9.30. The highest BCUT2D eigenvalue weighted by molar-refractivity contribution is 5.91. The Morgan fingerprint density at radius 1 is 1.39 bits per heavy atom. The van der Waals surface area contributed by atoms with Crippen molar-refractivity contribution in [2.75, 3.05) is 19.6 Å². The first-order chi connectivity index (χ1) is 10.6. The quantitative estimate of drug-likeness (QED) is 0.420. The summed E-state index contributed by atoms with van der Waals surface area (Å²) < 4.78 is 0. The lowest BCUT2D eigenvalue weighted by molar-refractivity contribution is -0.123. The summed E-state index contributed by atoms with van der Waals surface area (Å²) in [6.45, 7) is 4.94. The van der Waals surface area contributed by atoms with E-state index < -0.39 is 24.1 Å². The van der Waals surface area contributed by atoms with E-state index in [9.17, 15) is 19.2 Å². The van der Waals surface area contributed by atoms with Gasteiger partial charge in [-0.15, -0.1) is 0 Å². The van der Waals surface area contributed by atoms with E-state index in [1.807, 2.05) is 13.8 Å². The molecule has 1 fully saturated rings. The Hall–Kier alpha value is -2.36. The largest absolute Gasteiger partial charge is 0.465 e. The van der Waals surface area contributed by atoms with E-state index in [0.717, 1.165) is 4.90 Å². The first kappa shape index (κ1) is 20.6. The normalized spacial score (nSPS) is 14.6. The number of hydrogen-bond donors (Lipinski definition) is 5. The summed E-state index contributed by atoms with van der Waals surface area (Å²) in [5.74, 6) is -0.269. The van der Waals surface area contributed by atoms with Crippen molar-refractivity contribution < 1.29 is 24.3 Å². The molecule has 0 radical (unpaired) electrons. The van der Waals surface area contributed by atoms with Crippen LogP contribution in [0.3, 0.4) is 0 Å². The highest BCUT2D eigenvalue weighted by Crippen LogP contribution is 2.02. The van der Waals surface area contributed by atoms with E-state index in [0.29, 0.717) is 18.9 Å². The van der Waals surface area contributed by atoms with Crippen LogP contribution in [0.1, 0.15) is 26.7 Å². The number of nitrogens with one attached hydrogen (secondary N) is 2. The first-order valence-corrected chi connectivity index (χ1v) is 7.25. The zero-order chi connectivity index (χ0) is 18.0. The fraction of sp³-hybridized carbons (Fsp3) is 0.692. The minimum Gasteiger partial charge on any atom is -0.465 e. The zero-order valence-corrected chi connectivity index (χ0v) is 13.4. The predicted octanol–water partition coefficient (Wildman–Crippen LogP) is -0.959. The average Bonchev–Trinajstić information content (AvgIpc) is 2.84. The fourth-order valence-corrected chi connectivity index (χ4v) is 1.71. The number of urea groups is 1. The monoisotopic (exact) mass is 331 g/mol. The van der Waals surface area contributed by atoms with Gasteiger partial charge < -0.3 is 27.2 Å². The SMILES string of the molecule is CC(C)C[C@H](N)C(=O)NCCC(N)=O.O=C(O)N1CCNC1=O. The Bertz CT molecular complexity index is 440. The number of amides is 5. The maximum absolute atomic E-state index is 11.3. The molecular weight excluding hydrogens is 306 g/mol. The van der Waals surface area contributed by atoms with Crippen LogP contribution in [-0.2, 0) is 9.59 Å². The first-order valence-electron chi connectivity index (χ1n) is 7.25. The van der Waals surface area contributed by atoms with Crippen LogP contribution in [0.5, 0.6) is 0 Å². The standard InChI is InChI=1S/C9H19N3O2.C4H6N2O3/c1-6(2)5-7(10)9(14)12-4-3-8(11)13;7-3-5-1-2-6(3)4(8)9/h6-7H,3-5,10H2,1-2H3,(H2,11,13)(H,12,14);1-2H2,(H,5,7)(H,8,9)/t7-;/m0./s1. The second-order valence-corrected chi connectivity index (χ2v) is 5.41. The predicted molar refractivity (Wildman–Crippen MR) is 82.4 cm³/mol. The molecule has 23 heavy (non-hydrogen) atoms. The minimum absolute atomic E-state index is 0.153. The van der Waals surface area contributed by atoms with Crippen LogP contribution in [0, 0.1) is 5.92 Å². The van der Waals surface area contributed by atoms with Gasteiger partial charge in [0, 0.05) is 19.5 Å². The lowest BCUT2D eigenvalue weighted by Gasteiger charge is -2.13. The molecule has 0 aromatic rings. The van der Waals surface area contributed by atoms with Gasteiger partial charge in [0.1, 0.15) is 0 Å². The Kier molecular flexibility index (Phi) is 9.31. The van der Waals surface area contributed by atoms with E-state index in [1.54, 1.807) is 0 Å². The fourth-order valence-electron chi connectivity index (χ4n) is 1.71. The van der Waals surface area contributed by atoms with Gasteiger partial charge in [-0.2, -0.15) is 0 Å². The van der Waals surface area contributed by atoms with Gasteiger partial charge in [-0.3, -0.25) is 9.59 Å². The van der Waals surface area contributed by atoms with E-state index >= 15 is 0 Å². The lowest BCUT2D eigenvalue weighted by Crippen LogP contribution is -2.42. The molecule has 0 aromatic heterocycles. The third-order valence-corrected chi connectivity index (χ3v) is 2.82. The second-order valence-electron chi connectivity index (χ2n) is 5.41. The topological polar surface area (TPSA) is 168 Å². The van der Waals surface area contributed by atoms with Crippen molar-refractivity contribution in [1.29, 1.82) is 0 Å². The zero-order valence-electron chi connectivity index (χ0n) is 13.4. The van der Waals surface area contributed by atoms with Crippen molar-refractivity contribution in [2.45, 2.75) is 32.7 Å². The maximum Gasteiger partial charge on any atom is 0.415 e. The van der Waals surface area contributed by atoms with Gasteiger partial charge in [0.2, 0.25) is 11.8 Å². The van der Waals surface area contributed by atoms with Crippen molar-refractivity contribution in [2.24, 2.45) is 17.4 Å². The summed E-state index contributed by atoms with van der Waals surface area (Å²) in [6.07, 6.45) is -0.396. The molecule has 1 heterocycles. The van der Waals surface area contributed by atoms with Crippen LogP contribution in [0.15, 0.2) is 0 Å². The molecule has 132 valence electrons. The van der Waals surface area contributed by atoms with Gasteiger partial charge in [-0.05, 0) is 12.3 Å². The summed E-state index contributed by atoms with van der Waals surface area (Å²) >= 11 is 0. The number of primary amides is 1. The van der Waals surface area contributed by atoms with Crippen LogP contribution in [0.4, 0.5) is 9.59 Å². The molecule has 1 atom stereocenters. The van der Waals surface area contributed by atoms with Crippen LogP contribution >= 0.6 is 0 Å². The Balaban J connectivity index is 0.000000459. The molecule has 1 aliphatic rings. The smallest absolute Gasteiger partial charge is 0.415 e. The molecule has 10 nitrogen and oxygen atoms in total. The number of carboxylic acid groups (broad SMARTS) is 1. The molecule has 7 N–H and O–H groups in total. The molecule has 0 saturated carbocycles. The Labute approximate surface area is 134 Å². The lowest BCUT2D eigenvalue weighted by atomic mass is 10.0. The average molecular weight is 331 g/mol. The molecule has 1 aliphatic heterocycles. The molecular formula is C13H25N5O5. The van der Waals surface area contributed by atoms with Crippen molar-refractivity contribution in [3.8, 4) is 0 Å². The summed E-state index contributed by atoms with van der Waals surface area (Å²) in [5, 5.41) is 13.2. The number of nitrogens with zero attached hydrogens (tertiary/aromatic N) is 1. The van der Waals surface area contributed by atoms with Crippen LogP contribution in [0.25, 0.3) is 0 Å². The molecule has 0 bridgehead atoms. The number of rotatable bonds is 6. The molecule has 1 rings (SSSR count). The van der Waals surface area contributed by atoms with Crippen LogP contribution in [-0.4, -0.2) is 59.6 Å². The molecule has 0 aromatic carbocycles. The molecule has 0 spiro atoms. The maximum atomic E-state index is 11.3. The summed E-state index contributed by atoms with van der Waals surface area (Å²) in [4.78, 5) is 42.9. The second kappa shape index (κ2) is 10.4. The number of carbonyl (C=O) groups is 4. The minimum atomic E-state index is -1.19. The molecule has 0 unspecified atom stereocenters. The molecule has 10 heteroatoms. The number of carbonyl (C=O) groups excluding carboxylic acids is 3. The van der Waals surface area contributed by atoms with E-state index in [2.05, 4.69) is 10.6 Å². The third-order valence-electron chi connectivity index (χ3n) is 2.82. The summed E-state index contributed by atoms with van der Waals surface area (Å²) in [7, 11) is 0. The van der Waals surface area contributed by atoms with E-state index in [4.69, 9.17) is 16.6 Å². The Morgan fingerprint density at radius 2 is 2.00 bits per heavy atom. The van der Waals surface area contributed by atoms with Crippen molar-refractivity contribution >= 4 is 23.9 Å². The highest BCUT2D eigenvalue weighted by Gasteiger charge is 2.24. The van der Waals surface area contributed by atoms with Gasteiger partial charge in [0.05, 0.1) is 12.6 Å². The molecule has 5 amide bonds. The van der Waals surface area contributed by atoms with Gasteiger partial charge in [0.15, 0.2) is 0 Å². The van der Waals surface area contributed by atoms with E-state index in [1.165, 1.54) is 0 Å². The van der Waals surface area contributed by atoms with Gasteiger partial charge in [-0.1, -0.05) is 13.8 Å². The number of imide groups is 1. The number of nitrogens with two attached hydrogens (primary N) is 2. The van der Waals surface area contributed by atoms with Crippen molar-refractivity contribution in [3.05, 3.63) is 0 Å². The summed E-state index contributed by atoms with van der Waals surface area (Å²) in [5.41, 5.74) is 10.5. The van der Waals surface area contributed by atoms with Gasteiger partial charge in [0.25, 0.3) is 0 Å². The van der Waals surface area contributed by atoms with Gasteiger partial charge >= 0.3 is 12.1 Å². The van der Waals surface area contributed by atoms with E-state index in [-0.39, 0.29) is 25.4 Å². The molecule has 0 aliphatic carbocycles. The molecule has 1 saturated heterocycles. The highest BCUT2D eigenvalue weighted by atomic mass is 16.4. The van der Waals surface area contributed by atoms with Gasteiger partial charge in [-0.25, -0.2) is 14.5 Å². The van der Waals surface area contributed by atoms with Crippen molar-refractivity contribution in [3.63, 3.8) is 0 Å². The number of hydrogen-bond acceptors (Lipinski definition) is 5. The Morgan fingerprint density at radius 3 is 2.35 bits per heavy atom. The van der Waals surface area contributed by atoms with Crippen molar-refractivity contribution in [1.82, 2.24) is 15.5 Å². The van der Waals surface area contributed by atoms with Crippen LogP contribution in [0.2, 0.25) is 0 Å². The van der Waals surface area contributed by atoms with Crippen LogP contribution < -0.4 is 22.1 Å². The summed E-state index contributed by atoms with van der Waals surface area (Å²) in [6, 6.07) is -1.02.